The fourth-order valence-electron chi connectivity index (χ4n) is 2.78. The number of thioether (sulfide) groups is 1. The van der Waals surface area contributed by atoms with Crippen LogP contribution in [-0.4, -0.2) is 44.6 Å². The third kappa shape index (κ3) is 5.77. The summed E-state index contributed by atoms with van der Waals surface area (Å²) in [6, 6.07) is 7.76. The molecule has 1 aromatic carbocycles. The van der Waals surface area contributed by atoms with Crippen molar-refractivity contribution in [1.82, 2.24) is 5.32 Å². The molecule has 0 radical (unpaired) electrons. The first-order chi connectivity index (χ1) is 11.6. The van der Waals surface area contributed by atoms with Gasteiger partial charge in [0.15, 0.2) is 0 Å². The fraction of sp³-hybridized carbons (Fsp3) is 0.611. The third-order valence-electron chi connectivity index (χ3n) is 4.37. The lowest BCUT2D eigenvalue weighted by Gasteiger charge is -2.28. The zero-order valence-corrected chi connectivity index (χ0v) is 15.3. The van der Waals surface area contributed by atoms with E-state index in [9.17, 15) is 4.79 Å². The van der Waals surface area contributed by atoms with Gasteiger partial charge in [-0.25, -0.2) is 0 Å². The van der Waals surface area contributed by atoms with Gasteiger partial charge in [0, 0.05) is 31.0 Å². The molecular formula is C18H28N2O3S. The highest BCUT2D eigenvalue weighted by atomic mass is 32.2. The molecule has 134 valence electrons. The molecule has 1 aliphatic heterocycles. The molecule has 1 amide bonds. The molecule has 3 N–H and O–H groups in total. The van der Waals surface area contributed by atoms with Gasteiger partial charge in [0.1, 0.15) is 0 Å². The second-order valence-corrected chi connectivity index (χ2v) is 7.28. The summed E-state index contributed by atoms with van der Waals surface area (Å²) in [6.45, 7) is 4.12. The van der Waals surface area contributed by atoms with Crippen molar-refractivity contribution in [2.75, 3.05) is 32.7 Å². The summed E-state index contributed by atoms with van der Waals surface area (Å²) < 4.78 is 10.4. The largest absolute Gasteiger partial charge is 0.384 e. The van der Waals surface area contributed by atoms with E-state index in [1.165, 1.54) is 4.90 Å². The zero-order chi connectivity index (χ0) is 17.4. The molecule has 2 rings (SSSR count). The molecule has 0 aliphatic carbocycles. The van der Waals surface area contributed by atoms with E-state index in [2.05, 4.69) is 29.6 Å². The van der Waals surface area contributed by atoms with Gasteiger partial charge in [-0.05, 0) is 43.4 Å². The lowest BCUT2D eigenvalue weighted by molar-refractivity contribution is -0.125. The number of carbonyl (C=O) groups excluding carboxylic acids is 1. The summed E-state index contributed by atoms with van der Waals surface area (Å²) in [5.74, 6) is 1.07. The average molecular weight is 353 g/mol. The SMILES string of the molecule is COCCSc1ccc(C(C)NC(=O)C(N)C2CCOCC2)cc1. The van der Waals surface area contributed by atoms with E-state index >= 15 is 0 Å². The number of carbonyl (C=O) groups is 1. The Hall–Kier alpha value is -1.08. The van der Waals surface area contributed by atoms with Crippen LogP contribution in [0.2, 0.25) is 0 Å². The van der Waals surface area contributed by atoms with Gasteiger partial charge in [0.25, 0.3) is 0 Å². The highest BCUT2D eigenvalue weighted by molar-refractivity contribution is 7.99. The van der Waals surface area contributed by atoms with Gasteiger partial charge in [0.05, 0.1) is 18.7 Å². The quantitative estimate of drug-likeness (QED) is 0.555. The molecule has 1 aliphatic rings. The van der Waals surface area contributed by atoms with Gasteiger partial charge >= 0.3 is 0 Å². The molecule has 24 heavy (non-hydrogen) atoms. The molecule has 1 fully saturated rings. The maximum Gasteiger partial charge on any atom is 0.237 e. The monoisotopic (exact) mass is 352 g/mol. The van der Waals surface area contributed by atoms with Gasteiger partial charge < -0.3 is 20.5 Å². The van der Waals surface area contributed by atoms with Crippen molar-refractivity contribution in [3.63, 3.8) is 0 Å². The first-order valence-electron chi connectivity index (χ1n) is 8.47. The van der Waals surface area contributed by atoms with Crippen molar-refractivity contribution in [1.29, 1.82) is 0 Å². The summed E-state index contributed by atoms with van der Waals surface area (Å²) in [4.78, 5) is 13.6. The van der Waals surface area contributed by atoms with E-state index in [-0.39, 0.29) is 17.9 Å². The lowest BCUT2D eigenvalue weighted by atomic mass is 9.91. The Labute approximate surface area is 148 Å². The summed E-state index contributed by atoms with van der Waals surface area (Å²) in [5.41, 5.74) is 7.21. The molecule has 6 heteroatoms. The number of ether oxygens (including phenoxy) is 2. The minimum absolute atomic E-state index is 0.0542. The van der Waals surface area contributed by atoms with Crippen LogP contribution < -0.4 is 11.1 Å². The molecule has 0 saturated carbocycles. The Kier molecular flexibility index (Phi) is 8.05. The van der Waals surface area contributed by atoms with Gasteiger partial charge in [-0.1, -0.05) is 12.1 Å². The average Bonchev–Trinajstić information content (AvgIpc) is 2.62. The molecule has 0 spiro atoms. The van der Waals surface area contributed by atoms with Gasteiger partial charge in [-0.2, -0.15) is 0 Å². The number of rotatable bonds is 8. The van der Waals surface area contributed by atoms with E-state index in [0.29, 0.717) is 13.2 Å². The minimum atomic E-state index is -0.458. The van der Waals surface area contributed by atoms with Crippen LogP contribution in [0.25, 0.3) is 0 Å². The van der Waals surface area contributed by atoms with Crippen LogP contribution in [0.5, 0.6) is 0 Å². The molecule has 2 atom stereocenters. The topological polar surface area (TPSA) is 73.6 Å². The second-order valence-electron chi connectivity index (χ2n) is 6.12. The standard InChI is InChI=1S/C18H28N2O3S/c1-13(14-3-5-16(6-4-14)24-12-11-22-2)20-18(21)17(19)15-7-9-23-10-8-15/h3-6,13,15,17H,7-12,19H2,1-2H3,(H,20,21). The van der Waals surface area contributed by atoms with Gasteiger partial charge in [-0.15, -0.1) is 11.8 Å². The Morgan fingerprint density at radius 3 is 2.67 bits per heavy atom. The normalized spacial score (nSPS) is 18.1. The molecule has 5 nitrogen and oxygen atoms in total. The summed E-state index contributed by atoms with van der Waals surface area (Å²) in [6.07, 6.45) is 1.72. The summed E-state index contributed by atoms with van der Waals surface area (Å²) >= 11 is 1.76. The number of hydrogen-bond acceptors (Lipinski definition) is 5. The maximum atomic E-state index is 12.4. The second kappa shape index (κ2) is 10.0. The summed E-state index contributed by atoms with van der Waals surface area (Å²) in [7, 11) is 1.71. The van der Waals surface area contributed by atoms with Crippen molar-refractivity contribution in [2.45, 2.75) is 36.7 Å². The van der Waals surface area contributed by atoms with Crippen LogP contribution in [-0.2, 0) is 14.3 Å². The number of amides is 1. The van der Waals surface area contributed by atoms with Gasteiger partial charge in [0.2, 0.25) is 5.91 Å². The van der Waals surface area contributed by atoms with Crippen molar-refractivity contribution < 1.29 is 14.3 Å². The maximum absolute atomic E-state index is 12.4. The fourth-order valence-corrected chi connectivity index (χ4v) is 3.59. The number of hydrogen-bond donors (Lipinski definition) is 2. The molecule has 1 heterocycles. The lowest BCUT2D eigenvalue weighted by Crippen LogP contribution is -2.47. The Balaban J connectivity index is 1.84. The first-order valence-corrected chi connectivity index (χ1v) is 9.45. The number of methoxy groups -OCH3 is 1. The summed E-state index contributed by atoms with van der Waals surface area (Å²) in [5, 5.41) is 3.03. The Morgan fingerprint density at radius 1 is 1.38 bits per heavy atom. The van der Waals surface area contributed by atoms with Crippen LogP contribution >= 0.6 is 11.8 Å². The molecule has 0 aromatic heterocycles. The highest BCUT2D eigenvalue weighted by Gasteiger charge is 2.27. The van der Waals surface area contributed by atoms with E-state index in [0.717, 1.165) is 30.8 Å². The van der Waals surface area contributed by atoms with Crippen LogP contribution in [0.3, 0.4) is 0 Å². The number of nitrogens with one attached hydrogen (secondary N) is 1. The van der Waals surface area contributed by atoms with Gasteiger partial charge in [-0.3, -0.25) is 4.79 Å². The molecule has 0 bridgehead atoms. The van der Waals surface area contributed by atoms with Crippen LogP contribution in [0, 0.1) is 5.92 Å². The van der Waals surface area contributed by atoms with Crippen molar-refractivity contribution in [3.8, 4) is 0 Å². The van der Waals surface area contributed by atoms with E-state index in [1.54, 1.807) is 18.9 Å². The van der Waals surface area contributed by atoms with Crippen molar-refractivity contribution >= 4 is 17.7 Å². The first kappa shape index (κ1) is 19.2. The predicted octanol–water partition coefficient (Wildman–Crippen LogP) is 2.36. The number of nitrogens with two attached hydrogens (primary N) is 1. The van der Waals surface area contributed by atoms with E-state index in [1.807, 2.05) is 6.92 Å². The van der Waals surface area contributed by atoms with Crippen molar-refractivity contribution in [2.24, 2.45) is 11.7 Å². The van der Waals surface area contributed by atoms with E-state index in [4.69, 9.17) is 15.2 Å². The zero-order valence-electron chi connectivity index (χ0n) is 14.5. The van der Waals surface area contributed by atoms with E-state index < -0.39 is 6.04 Å². The predicted molar refractivity (Wildman–Crippen MR) is 97.1 cm³/mol. The van der Waals surface area contributed by atoms with Crippen LogP contribution in [0.15, 0.2) is 29.2 Å². The molecule has 1 saturated heterocycles. The molecule has 1 aromatic rings. The highest BCUT2D eigenvalue weighted by Crippen LogP contribution is 2.22. The van der Waals surface area contributed by atoms with Crippen LogP contribution in [0.4, 0.5) is 0 Å². The molecule has 2 unspecified atom stereocenters. The molecular weight excluding hydrogens is 324 g/mol. The number of benzene rings is 1. The minimum Gasteiger partial charge on any atom is -0.384 e. The third-order valence-corrected chi connectivity index (χ3v) is 5.35. The smallest absolute Gasteiger partial charge is 0.237 e. The van der Waals surface area contributed by atoms with Crippen LogP contribution in [0.1, 0.15) is 31.4 Å². The van der Waals surface area contributed by atoms with Crippen molar-refractivity contribution in [3.05, 3.63) is 29.8 Å². The Morgan fingerprint density at radius 2 is 2.04 bits per heavy atom. The Bertz CT molecular complexity index is 503.